The Balaban J connectivity index is 0.991. The van der Waals surface area contributed by atoms with Crippen molar-refractivity contribution in [3.8, 4) is 0 Å². The van der Waals surface area contributed by atoms with E-state index in [4.69, 9.17) is 10.3 Å². The number of fused-ring (bicyclic) bond motifs is 5. The van der Waals surface area contributed by atoms with Crippen molar-refractivity contribution >= 4 is 65.5 Å². The zero-order valence-corrected chi connectivity index (χ0v) is 34.6. The van der Waals surface area contributed by atoms with Crippen molar-refractivity contribution in [2.24, 2.45) is 19.0 Å². The summed E-state index contributed by atoms with van der Waals surface area (Å²) in [7, 11) is -7.28. The van der Waals surface area contributed by atoms with Gasteiger partial charge in [-0.05, 0) is 147 Å². The van der Waals surface area contributed by atoms with Crippen LogP contribution in [0.4, 0.5) is 21.0 Å². The van der Waals surface area contributed by atoms with Crippen LogP contribution in [0.2, 0.25) is 0 Å². The number of aliphatic hydroxyl groups is 2. The number of nitrogens with zero attached hydrogens (tertiary/aromatic N) is 5. The predicted octanol–water partition coefficient (Wildman–Crippen LogP) is 6.08. The highest BCUT2D eigenvalue weighted by molar-refractivity contribution is 7.93. The van der Waals surface area contributed by atoms with E-state index < -0.39 is 43.6 Å². The molecule has 0 bridgehead atoms. The molecule has 4 aliphatic rings. The average Bonchev–Trinajstić information content (AvgIpc) is 4.01. The second-order valence-corrected chi connectivity index (χ2v) is 20.9. The Morgan fingerprint density at radius 2 is 1.50 bits per heavy atom. The third-order valence-electron chi connectivity index (χ3n) is 11.8. The van der Waals surface area contributed by atoms with Gasteiger partial charge in [-0.25, -0.2) is 33.3 Å². The number of amides is 4. The van der Waals surface area contributed by atoms with Crippen molar-refractivity contribution in [2.75, 3.05) is 10.6 Å². The summed E-state index contributed by atoms with van der Waals surface area (Å²) in [5, 5.41) is 45.3. The minimum Gasteiger partial charge on any atom is -0.388 e. The van der Waals surface area contributed by atoms with Gasteiger partial charge in [-0.2, -0.15) is 5.10 Å². The molecule has 0 fully saturated rings. The number of carbonyl (C=O) groups is 2. The third kappa shape index (κ3) is 6.93. The van der Waals surface area contributed by atoms with Crippen molar-refractivity contribution < 1.29 is 28.2 Å². The number of thiazole rings is 1. The summed E-state index contributed by atoms with van der Waals surface area (Å²) in [5.41, 5.74) is 10.1. The van der Waals surface area contributed by atoms with Crippen LogP contribution in [0.15, 0.2) is 54.5 Å². The van der Waals surface area contributed by atoms with Gasteiger partial charge in [0, 0.05) is 16.6 Å². The summed E-state index contributed by atoms with van der Waals surface area (Å²) < 4.78 is 36.9. The van der Waals surface area contributed by atoms with E-state index in [2.05, 4.69) is 35.5 Å². The number of urea groups is 2. The molecule has 0 spiro atoms. The van der Waals surface area contributed by atoms with Crippen LogP contribution in [-0.2, 0) is 76.9 Å². The molecule has 2 heterocycles. The number of carbonyl (C=O) groups excluding carboxylic acids is 2. The van der Waals surface area contributed by atoms with Crippen LogP contribution in [0.5, 0.6) is 0 Å². The largest absolute Gasteiger partial charge is 0.388 e. The smallest absolute Gasteiger partial charge is 0.354 e. The molecular formula is C40H45N9O6S3. The van der Waals surface area contributed by atoms with Gasteiger partial charge in [-0.1, -0.05) is 6.07 Å². The SMILES string of the molecule is CC(C)(O)c1ncc(S(N)(=O)=NC(=O)Nc2c3c(c(Cn4ncc5cc(S(N)(=O)=NC(=O)Nc6c7c(cc8c6CCC8)CCC7)ccc54)c4c2C(O)CC4)CCC3)s1. The molecule has 0 aliphatic heterocycles. The average molecular weight is 844 g/mol. The summed E-state index contributed by atoms with van der Waals surface area (Å²) in [6.07, 6.45) is 11.2. The van der Waals surface area contributed by atoms with Gasteiger partial charge in [0.25, 0.3) is 0 Å². The number of hydrogen-bond donors (Lipinski definition) is 6. The number of benzene rings is 3. The van der Waals surface area contributed by atoms with E-state index in [1.165, 1.54) is 17.3 Å². The quantitative estimate of drug-likeness (QED) is 0.112. The van der Waals surface area contributed by atoms with E-state index in [0.717, 1.165) is 107 Å². The standard InChI is InChI=1S/C40H45N9O6S3/c1-40(2,53)37-43-19-33(56-37)58(42,55)48-39(52)46-36-29-11-5-10-27(29)30(28-13-15-32(50)34(28)36)20-49-31-14-12-24(17-23(31)18-44-49)57(41,54)47-38(51)45-35-25-8-3-6-21(25)16-22-7-4-9-26(22)35/h12,14,16-19,32,50,53H,3-11,13,15,20H2,1-2H3,(H3,41,45,47,51,54)(H3,42,46,48,52,55). The van der Waals surface area contributed by atoms with Gasteiger partial charge in [0.2, 0.25) is 0 Å². The van der Waals surface area contributed by atoms with Gasteiger partial charge in [0.1, 0.15) is 24.7 Å². The molecule has 0 radical (unpaired) electrons. The van der Waals surface area contributed by atoms with Gasteiger partial charge < -0.3 is 20.8 Å². The van der Waals surface area contributed by atoms with Crippen molar-refractivity contribution in [1.82, 2.24) is 14.8 Å². The fourth-order valence-electron chi connectivity index (χ4n) is 9.19. The molecule has 58 heavy (non-hydrogen) atoms. The molecule has 15 nitrogen and oxygen atoms in total. The zero-order chi connectivity index (χ0) is 40.7. The Bertz CT molecular complexity index is 2810. The van der Waals surface area contributed by atoms with Crippen molar-refractivity contribution in [1.29, 1.82) is 0 Å². The fourth-order valence-corrected chi connectivity index (χ4v) is 12.2. The molecule has 2 aromatic heterocycles. The first kappa shape index (κ1) is 38.9. The molecule has 9 rings (SSSR count). The molecule has 4 amide bonds. The van der Waals surface area contributed by atoms with Gasteiger partial charge in [0.15, 0.2) is 9.92 Å². The van der Waals surface area contributed by atoms with E-state index in [1.54, 1.807) is 38.2 Å². The molecule has 8 N–H and O–H groups in total. The first-order valence-corrected chi connectivity index (χ1v) is 23.4. The first-order valence-electron chi connectivity index (χ1n) is 19.5. The van der Waals surface area contributed by atoms with Crippen molar-refractivity contribution in [3.05, 3.63) is 91.7 Å². The highest BCUT2D eigenvalue weighted by Gasteiger charge is 2.34. The second kappa shape index (κ2) is 14.3. The molecule has 3 atom stereocenters. The van der Waals surface area contributed by atoms with Gasteiger partial charge >= 0.3 is 12.1 Å². The van der Waals surface area contributed by atoms with Crippen LogP contribution < -0.4 is 20.9 Å². The molecular weight excluding hydrogens is 799 g/mol. The summed E-state index contributed by atoms with van der Waals surface area (Å²) >= 11 is 0.925. The molecule has 0 saturated heterocycles. The zero-order valence-electron chi connectivity index (χ0n) is 32.2. The predicted molar refractivity (Wildman–Crippen MR) is 223 cm³/mol. The minimum atomic E-state index is -3.68. The number of nitrogens with two attached hydrogens (primary N) is 2. The highest BCUT2D eigenvalue weighted by atomic mass is 32.2. The normalized spacial score (nSPS) is 18.9. The summed E-state index contributed by atoms with van der Waals surface area (Å²) in [5.74, 6) is 0. The lowest BCUT2D eigenvalue weighted by Crippen LogP contribution is -2.19. The number of aryl methyl sites for hydroxylation is 2. The topological polar surface area (TPSA) is 240 Å². The van der Waals surface area contributed by atoms with E-state index in [-0.39, 0.29) is 9.10 Å². The summed E-state index contributed by atoms with van der Waals surface area (Å²) in [4.78, 5) is 31.0. The van der Waals surface area contributed by atoms with Crippen LogP contribution in [0.1, 0.15) is 101 Å². The fraction of sp³-hybridized carbons (Fsp3) is 0.400. The maximum absolute atomic E-state index is 13.8. The number of rotatable bonds is 7. The number of aliphatic hydroxyl groups excluding tert-OH is 1. The lowest BCUT2D eigenvalue weighted by Gasteiger charge is -2.21. The third-order valence-corrected chi connectivity index (χ3v) is 16.3. The molecule has 0 saturated carbocycles. The highest BCUT2D eigenvalue weighted by Crippen LogP contribution is 2.46. The lowest BCUT2D eigenvalue weighted by molar-refractivity contribution is 0.0782. The van der Waals surface area contributed by atoms with Crippen LogP contribution in [0, 0.1) is 0 Å². The number of hydrogen-bond acceptors (Lipinski definition) is 9. The first-order chi connectivity index (χ1) is 27.6. The Labute approximate surface area is 340 Å². The Hall–Kier alpha value is -4.56. The van der Waals surface area contributed by atoms with Crippen molar-refractivity contribution in [2.45, 2.75) is 112 Å². The van der Waals surface area contributed by atoms with Crippen LogP contribution in [0.3, 0.4) is 0 Å². The maximum Gasteiger partial charge on any atom is 0.354 e. The molecule has 3 unspecified atom stereocenters. The van der Waals surface area contributed by atoms with Gasteiger partial charge in [-0.15, -0.1) is 20.1 Å². The van der Waals surface area contributed by atoms with Gasteiger partial charge in [-0.3, -0.25) is 4.68 Å². The summed E-state index contributed by atoms with van der Waals surface area (Å²) in [6, 6.07) is 5.69. The van der Waals surface area contributed by atoms with Crippen LogP contribution >= 0.6 is 11.3 Å². The Morgan fingerprint density at radius 3 is 2.19 bits per heavy atom. The monoisotopic (exact) mass is 843 g/mol. The number of aromatic nitrogens is 3. The molecule has 3 aromatic carbocycles. The lowest BCUT2D eigenvalue weighted by atomic mass is 9.91. The molecule has 4 aliphatic carbocycles. The Morgan fingerprint density at radius 1 is 0.862 bits per heavy atom. The van der Waals surface area contributed by atoms with Gasteiger partial charge in [0.05, 0.1) is 41.1 Å². The second-order valence-electron chi connectivity index (χ2n) is 16.1. The van der Waals surface area contributed by atoms with E-state index >= 15 is 0 Å². The van der Waals surface area contributed by atoms with Crippen LogP contribution in [-0.4, -0.2) is 45.5 Å². The summed E-state index contributed by atoms with van der Waals surface area (Å²) in [6.45, 7) is 3.46. The van der Waals surface area contributed by atoms with Crippen LogP contribution in [0.25, 0.3) is 10.9 Å². The minimum absolute atomic E-state index is 0.0613. The molecule has 304 valence electrons. The van der Waals surface area contributed by atoms with E-state index in [0.29, 0.717) is 47.5 Å². The molecule has 18 heteroatoms. The van der Waals surface area contributed by atoms with Crippen molar-refractivity contribution in [3.63, 3.8) is 0 Å². The van der Waals surface area contributed by atoms with E-state index in [1.807, 2.05) is 4.68 Å². The van der Waals surface area contributed by atoms with E-state index in [9.17, 15) is 28.2 Å². The Kier molecular flexibility index (Phi) is 9.61. The molecule has 5 aromatic rings. The number of anilines is 2. The number of nitrogens with one attached hydrogen (secondary N) is 2. The maximum atomic E-state index is 13.8.